The molecule has 46 heavy (non-hydrogen) atoms. The number of carboxylic acid groups (broad SMARTS) is 2. The van der Waals surface area contributed by atoms with Crippen molar-refractivity contribution in [1.82, 2.24) is 15.5 Å². The Hall–Kier alpha value is -4.20. The van der Waals surface area contributed by atoms with Gasteiger partial charge in [-0.25, -0.2) is 9.59 Å². The van der Waals surface area contributed by atoms with Gasteiger partial charge in [0.2, 0.25) is 5.91 Å². The summed E-state index contributed by atoms with van der Waals surface area (Å²) in [6.45, 7) is 5.99. The minimum atomic E-state index is -1.29. The molecule has 0 radical (unpaired) electrons. The van der Waals surface area contributed by atoms with Crippen molar-refractivity contribution in [2.45, 2.75) is 69.0 Å². The molecule has 0 spiro atoms. The molecule has 1 saturated heterocycles. The van der Waals surface area contributed by atoms with Crippen LogP contribution in [0.5, 0.6) is 0 Å². The molecule has 3 amide bonds. The van der Waals surface area contributed by atoms with Gasteiger partial charge in [0.15, 0.2) is 0 Å². The molecule has 13 heteroatoms. The maximum absolute atomic E-state index is 13.0. The fourth-order valence-electron chi connectivity index (χ4n) is 5.19. The summed E-state index contributed by atoms with van der Waals surface area (Å²) in [5, 5.41) is 34.3. The number of hydrogen-bond donors (Lipinski definition) is 5. The number of aliphatic hydroxyl groups is 1. The van der Waals surface area contributed by atoms with E-state index in [1.54, 1.807) is 36.4 Å². The molecule has 0 aliphatic carbocycles. The van der Waals surface area contributed by atoms with Crippen LogP contribution >= 0.6 is 11.8 Å². The monoisotopic (exact) mass is 653 g/mol. The van der Waals surface area contributed by atoms with E-state index in [1.807, 2.05) is 39.0 Å². The van der Waals surface area contributed by atoms with E-state index in [0.29, 0.717) is 16.7 Å². The number of aliphatic carboxylic acids is 2. The Morgan fingerprint density at radius 3 is 2.33 bits per heavy atom. The number of aliphatic hydroxyl groups excluding tert-OH is 1. The second-order valence-corrected chi connectivity index (χ2v) is 13.3. The lowest BCUT2D eigenvalue weighted by Gasteiger charge is -2.49. The van der Waals surface area contributed by atoms with Crippen LogP contribution < -0.4 is 10.6 Å². The first kappa shape index (κ1) is 34.7. The van der Waals surface area contributed by atoms with Crippen molar-refractivity contribution in [2.75, 3.05) is 19.0 Å². The van der Waals surface area contributed by atoms with E-state index in [1.165, 1.54) is 11.8 Å². The van der Waals surface area contributed by atoms with Crippen LogP contribution in [0.1, 0.15) is 67.6 Å². The van der Waals surface area contributed by atoms with E-state index >= 15 is 0 Å². The minimum absolute atomic E-state index is 0.00822. The number of nitrogens with zero attached hydrogens (tertiary/aromatic N) is 1. The van der Waals surface area contributed by atoms with Gasteiger partial charge in [-0.3, -0.25) is 19.3 Å². The number of fused-ring (bicyclic) bond motifs is 1. The van der Waals surface area contributed by atoms with Gasteiger partial charge in [0, 0.05) is 17.7 Å². The van der Waals surface area contributed by atoms with E-state index in [0.717, 1.165) is 10.5 Å². The fraction of sp³-hybridized carbons (Fsp3) is 0.424. The summed E-state index contributed by atoms with van der Waals surface area (Å²) in [7, 11) is 0. The molecule has 2 aliphatic rings. The Kier molecular flexibility index (Phi) is 11.3. The lowest BCUT2D eigenvalue weighted by Crippen LogP contribution is -2.70. The topological polar surface area (TPSA) is 183 Å². The molecule has 0 bridgehead atoms. The number of carbonyl (C=O) groups is 5. The van der Waals surface area contributed by atoms with Crippen molar-refractivity contribution in [3.63, 3.8) is 0 Å². The molecule has 2 aromatic carbocycles. The lowest BCUT2D eigenvalue weighted by atomic mass is 9.86. The molecule has 0 aromatic heterocycles. The zero-order valence-electron chi connectivity index (χ0n) is 25.9. The second kappa shape index (κ2) is 14.9. The van der Waals surface area contributed by atoms with Gasteiger partial charge in [-0.2, -0.15) is 0 Å². The Labute approximate surface area is 271 Å². The highest BCUT2D eigenvalue weighted by Crippen LogP contribution is 2.40. The molecule has 0 saturated carbocycles. The number of β-lactam (4-membered cyclic amide) rings is 1. The molecule has 2 aliphatic heterocycles. The number of benzene rings is 2. The highest BCUT2D eigenvalue weighted by atomic mass is 32.2. The summed E-state index contributed by atoms with van der Waals surface area (Å²) >= 11 is 1.29. The summed E-state index contributed by atoms with van der Waals surface area (Å²) in [4.78, 5) is 63.3. The van der Waals surface area contributed by atoms with Gasteiger partial charge in [0.05, 0.1) is 13.2 Å². The zero-order chi connectivity index (χ0) is 33.6. The maximum atomic E-state index is 13.0. The van der Waals surface area contributed by atoms with Crippen molar-refractivity contribution in [3.05, 3.63) is 82.6 Å². The van der Waals surface area contributed by atoms with Crippen LogP contribution in [0.2, 0.25) is 0 Å². The number of rotatable bonds is 14. The minimum Gasteiger partial charge on any atom is -0.480 e. The fourth-order valence-corrected chi connectivity index (χ4v) is 6.52. The first-order valence-corrected chi connectivity index (χ1v) is 16.0. The van der Waals surface area contributed by atoms with Crippen LogP contribution in [-0.2, 0) is 29.3 Å². The number of nitrogens with one attached hydrogen (secondary N) is 2. The molecule has 4 rings (SSSR count). The molecule has 2 heterocycles. The molecule has 246 valence electrons. The smallest absolute Gasteiger partial charge is 0.352 e. The third-order valence-corrected chi connectivity index (χ3v) is 9.16. The van der Waals surface area contributed by atoms with Crippen LogP contribution in [0, 0.1) is 0 Å². The van der Waals surface area contributed by atoms with Crippen LogP contribution in [0.3, 0.4) is 0 Å². The summed E-state index contributed by atoms with van der Waals surface area (Å²) < 4.78 is 5.59. The van der Waals surface area contributed by atoms with Crippen molar-refractivity contribution in [3.8, 4) is 0 Å². The van der Waals surface area contributed by atoms with Gasteiger partial charge in [-0.15, -0.1) is 11.8 Å². The van der Waals surface area contributed by atoms with Gasteiger partial charge in [0.25, 0.3) is 11.8 Å². The van der Waals surface area contributed by atoms with Crippen LogP contribution in [0.25, 0.3) is 0 Å². The normalized spacial score (nSPS) is 19.0. The third-order valence-electron chi connectivity index (χ3n) is 7.82. The van der Waals surface area contributed by atoms with E-state index in [-0.39, 0.29) is 49.3 Å². The molecule has 12 nitrogen and oxygen atoms in total. The lowest BCUT2D eigenvalue weighted by molar-refractivity contribution is -0.150. The first-order chi connectivity index (χ1) is 21.8. The average Bonchev–Trinajstić information content (AvgIpc) is 3.02. The molecular weight excluding hydrogens is 614 g/mol. The van der Waals surface area contributed by atoms with Crippen LogP contribution in [0.4, 0.5) is 0 Å². The summed E-state index contributed by atoms with van der Waals surface area (Å²) in [5.74, 6) is -3.87. The van der Waals surface area contributed by atoms with Gasteiger partial charge >= 0.3 is 11.9 Å². The summed E-state index contributed by atoms with van der Waals surface area (Å²) in [5.41, 5.74) is 2.11. The molecule has 2 unspecified atom stereocenters. The van der Waals surface area contributed by atoms with Crippen molar-refractivity contribution in [2.24, 2.45) is 0 Å². The quantitative estimate of drug-likeness (QED) is 0.190. The number of hydrogen-bond acceptors (Lipinski definition) is 8. The summed E-state index contributed by atoms with van der Waals surface area (Å²) in [6, 6.07) is 13.7. The van der Waals surface area contributed by atoms with Crippen molar-refractivity contribution < 1.29 is 44.0 Å². The van der Waals surface area contributed by atoms with E-state index in [2.05, 4.69) is 10.6 Å². The highest BCUT2D eigenvalue weighted by molar-refractivity contribution is 8.00. The van der Waals surface area contributed by atoms with Crippen molar-refractivity contribution >= 4 is 41.4 Å². The molecule has 2 aromatic rings. The first-order valence-electron chi connectivity index (χ1n) is 14.9. The largest absolute Gasteiger partial charge is 0.480 e. The van der Waals surface area contributed by atoms with E-state index < -0.39 is 53.2 Å². The SMILES string of the molecule is CC(C)(C)c1ccc(C(=O)NC(CCCC(=O)N[C@@H]2C(=O)N3C(C(=O)O)=C(COCC(O)c4ccccc4)CS[C@@H]23)C(=O)O)cc1. The molecular formula is C33H39N3O9S. The zero-order valence-corrected chi connectivity index (χ0v) is 26.7. The standard InChI is InChI=1S/C33H39N3O9S/c1-33(2,3)22-14-12-20(13-15-22)28(39)34-23(31(41)42)10-7-11-25(38)35-26-29(40)36-27(32(43)44)21(18-46-30(26)36)16-45-17-24(37)19-8-5-4-6-9-19/h4-6,8-9,12-15,23-24,26,30,37H,7,10-11,16-18H2,1-3H3,(H,34,39)(H,35,38)(H,41,42)(H,43,44)/t23?,24?,26-,30+/m1/s1. The van der Waals surface area contributed by atoms with Gasteiger partial charge in [-0.1, -0.05) is 63.2 Å². The van der Waals surface area contributed by atoms with Crippen molar-refractivity contribution in [1.29, 1.82) is 0 Å². The number of thioether (sulfide) groups is 1. The molecule has 5 N–H and O–H groups in total. The summed E-state index contributed by atoms with van der Waals surface area (Å²) in [6.07, 6.45) is -0.861. The van der Waals surface area contributed by atoms with Gasteiger partial charge < -0.3 is 30.7 Å². The third kappa shape index (κ3) is 8.33. The van der Waals surface area contributed by atoms with Gasteiger partial charge in [-0.05, 0) is 47.1 Å². The molecule has 1 fully saturated rings. The Morgan fingerprint density at radius 1 is 1.04 bits per heavy atom. The number of ether oxygens (including phenoxy) is 1. The Bertz CT molecular complexity index is 1490. The van der Waals surface area contributed by atoms with Crippen LogP contribution in [0.15, 0.2) is 65.9 Å². The Balaban J connectivity index is 1.26. The number of carbonyl (C=O) groups excluding carboxylic acids is 3. The number of amides is 3. The Morgan fingerprint density at radius 2 is 1.72 bits per heavy atom. The molecule has 4 atom stereocenters. The predicted molar refractivity (Wildman–Crippen MR) is 170 cm³/mol. The van der Waals surface area contributed by atoms with E-state index in [4.69, 9.17) is 4.74 Å². The highest BCUT2D eigenvalue weighted by Gasteiger charge is 2.54. The average molecular weight is 654 g/mol. The predicted octanol–water partition coefficient (Wildman–Crippen LogP) is 2.83. The maximum Gasteiger partial charge on any atom is 0.352 e. The van der Waals surface area contributed by atoms with E-state index in [9.17, 15) is 39.3 Å². The van der Waals surface area contributed by atoms with Crippen LogP contribution in [-0.4, -0.2) is 86.3 Å². The second-order valence-electron chi connectivity index (χ2n) is 12.2. The number of carboxylic acids is 2. The van der Waals surface area contributed by atoms with Gasteiger partial charge in [0.1, 0.15) is 29.3 Å².